The number of carbonyl (C=O) groups excluding carboxylic acids is 1. The summed E-state index contributed by atoms with van der Waals surface area (Å²) in [7, 11) is 0. The van der Waals surface area contributed by atoms with Gasteiger partial charge in [-0.25, -0.2) is 4.98 Å². The Kier molecular flexibility index (Phi) is 4.59. The molecule has 5 nitrogen and oxygen atoms in total. The number of nitrogens with zero attached hydrogens (tertiary/aromatic N) is 3. The SMILES string of the molecule is O=C(CCn1cnc2sccc2c1=O)N1CCCSc2ccccc21. The zero-order valence-corrected chi connectivity index (χ0v) is 15.2. The highest BCUT2D eigenvalue weighted by Gasteiger charge is 2.21. The third kappa shape index (κ3) is 3.21. The number of aryl methyl sites for hydroxylation is 1. The van der Waals surface area contributed by atoms with E-state index >= 15 is 0 Å². The van der Waals surface area contributed by atoms with Gasteiger partial charge in [0.15, 0.2) is 0 Å². The maximum atomic E-state index is 12.8. The normalized spacial score (nSPS) is 14.3. The first-order chi connectivity index (χ1) is 12.2. The Balaban J connectivity index is 1.54. The minimum absolute atomic E-state index is 0.0484. The number of para-hydroxylation sites is 1. The van der Waals surface area contributed by atoms with Crippen molar-refractivity contribution >= 4 is 44.9 Å². The van der Waals surface area contributed by atoms with Gasteiger partial charge >= 0.3 is 0 Å². The van der Waals surface area contributed by atoms with Crippen LogP contribution in [0.5, 0.6) is 0 Å². The molecule has 0 bridgehead atoms. The van der Waals surface area contributed by atoms with Gasteiger partial charge in [-0.2, -0.15) is 0 Å². The second-order valence-corrected chi connectivity index (χ2v) is 7.88. The lowest BCUT2D eigenvalue weighted by atomic mass is 10.2. The van der Waals surface area contributed by atoms with Crippen LogP contribution in [0.1, 0.15) is 12.8 Å². The number of anilines is 1. The van der Waals surface area contributed by atoms with Gasteiger partial charge in [-0.3, -0.25) is 14.2 Å². The smallest absolute Gasteiger partial charge is 0.262 e. The van der Waals surface area contributed by atoms with E-state index in [1.54, 1.807) is 24.2 Å². The lowest BCUT2D eigenvalue weighted by Gasteiger charge is -2.22. The zero-order valence-electron chi connectivity index (χ0n) is 13.6. The standard InChI is InChI=1S/C18H17N3O2S2/c22-16(21-8-3-10-24-15-5-2-1-4-14(15)21)6-9-20-12-19-17-13(18(20)23)7-11-25-17/h1-2,4-5,7,11-12H,3,6,8-10H2. The number of hydrogen-bond donors (Lipinski definition) is 0. The van der Waals surface area contributed by atoms with Crippen molar-refractivity contribution < 1.29 is 4.79 Å². The molecule has 0 N–H and O–H groups in total. The molecule has 1 aliphatic rings. The summed E-state index contributed by atoms with van der Waals surface area (Å²) in [5.74, 6) is 1.06. The average Bonchev–Trinajstić information content (AvgIpc) is 3.01. The van der Waals surface area contributed by atoms with E-state index in [0.29, 0.717) is 11.9 Å². The van der Waals surface area contributed by atoms with Crippen LogP contribution in [0.25, 0.3) is 10.2 Å². The Labute approximate surface area is 153 Å². The fraction of sp³-hybridized carbons (Fsp3) is 0.278. The second kappa shape index (κ2) is 7.01. The van der Waals surface area contributed by atoms with Crippen LogP contribution >= 0.6 is 23.1 Å². The molecular weight excluding hydrogens is 354 g/mol. The Morgan fingerprint density at radius 1 is 1.24 bits per heavy atom. The molecule has 1 aliphatic heterocycles. The zero-order chi connectivity index (χ0) is 17.2. The van der Waals surface area contributed by atoms with Crippen LogP contribution in [0, 0.1) is 0 Å². The molecule has 0 saturated heterocycles. The molecule has 1 aromatic carbocycles. The van der Waals surface area contributed by atoms with E-state index in [9.17, 15) is 9.59 Å². The third-order valence-corrected chi connectivity index (χ3v) is 6.23. The summed E-state index contributed by atoms with van der Waals surface area (Å²) < 4.78 is 1.53. The van der Waals surface area contributed by atoms with Gasteiger partial charge in [0.25, 0.3) is 5.56 Å². The summed E-state index contributed by atoms with van der Waals surface area (Å²) in [6.45, 7) is 1.07. The number of thiophene rings is 1. The maximum absolute atomic E-state index is 12.8. The van der Waals surface area contributed by atoms with E-state index in [1.165, 1.54) is 15.9 Å². The van der Waals surface area contributed by atoms with Crippen molar-refractivity contribution in [1.29, 1.82) is 0 Å². The van der Waals surface area contributed by atoms with Crippen LogP contribution in [-0.2, 0) is 11.3 Å². The monoisotopic (exact) mass is 371 g/mol. The number of fused-ring (bicyclic) bond motifs is 2. The van der Waals surface area contributed by atoms with Crippen molar-refractivity contribution in [2.24, 2.45) is 0 Å². The topological polar surface area (TPSA) is 55.2 Å². The highest BCUT2D eigenvalue weighted by molar-refractivity contribution is 7.99. The molecule has 0 radical (unpaired) electrons. The van der Waals surface area contributed by atoms with E-state index in [2.05, 4.69) is 11.1 Å². The van der Waals surface area contributed by atoms with Crippen molar-refractivity contribution in [3.05, 3.63) is 52.4 Å². The van der Waals surface area contributed by atoms with E-state index in [1.807, 2.05) is 28.5 Å². The average molecular weight is 371 g/mol. The molecule has 0 spiro atoms. The fourth-order valence-corrected chi connectivity index (χ4v) is 4.71. The second-order valence-electron chi connectivity index (χ2n) is 5.85. The molecule has 128 valence electrons. The van der Waals surface area contributed by atoms with Gasteiger partial charge in [-0.05, 0) is 35.8 Å². The van der Waals surface area contributed by atoms with Gasteiger partial charge in [0.1, 0.15) is 4.83 Å². The van der Waals surface area contributed by atoms with Gasteiger partial charge in [0.2, 0.25) is 5.91 Å². The molecule has 1 amide bonds. The summed E-state index contributed by atoms with van der Waals surface area (Å²) in [6.07, 6.45) is 2.80. The predicted molar refractivity (Wildman–Crippen MR) is 103 cm³/mol. The van der Waals surface area contributed by atoms with Crippen molar-refractivity contribution in [3.8, 4) is 0 Å². The van der Waals surface area contributed by atoms with Crippen LogP contribution in [0.4, 0.5) is 5.69 Å². The van der Waals surface area contributed by atoms with Crippen molar-refractivity contribution in [3.63, 3.8) is 0 Å². The molecule has 0 fully saturated rings. The van der Waals surface area contributed by atoms with Crippen molar-refractivity contribution in [1.82, 2.24) is 9.55 Å². The fourth-order valence-electron chi connectivity index (χ4n) is 2.99. The van der Waals surface area contributed by atoms with E-state index in [4.69, 9.17) is 0 Å². The van der Waals surface area contributed by atoms with Gasteiger partial charge in [0.05, 0.1) is 17.4 Å². The number of aromatic nitrogens is 2. The number of amides is 1. The molecule has 3 aromatic rings. The van der Waals surface area contributed by atoms with E-state index < -0.39 is 0 Å². The quantitative estimate of drug-likeness (QED) is 0.708. The van der Waals surface area contributed by atoms with E-state index in [0.717, 1.165) is 34.1 Å². The molecule has 4 rings (SSSR count). The first-order valence-electron chi connectivity index (χ1n) is 8.19. The highest BCUT2D eigenvalue weighted by Crippen LogP contribution is 2.33. The highest BCUT2D eigenvalue weighted by atomic mass is 32.2. The lowest BCUT2D eigenvalue weighted by Crippen LogP contribution is -2.33. The van der Waals surface area contributed by atoms with Crippen LogP contribution in [-0.4, -0.2) is 27.8 Å². The molecule has 25 heavy (non-hydrogen) atoms. The molecule has 0 aliphatic carbocycles. The number of rotatable bonds is 3. The Morgan fingerprint density at radius 2 is 2.12 bits per heavy atom. The van der Waals surface area contributed by atoms with Crippen LogP contribution in [0.15, 0.2) is 51.7 Å². The van der Waals surface area contributed by atoms with Gasteiger partial charge in [-0.1, -0.05) is 12.1 Å². The maximum Gasteiger partial charge on any atom is 0.262 e. The van der Waals surface area contributed by atoms with Crippen LogP contribution in [0.2, 0.25) is 0 Å². The summed E-state index contributed by atoms with van der Waals surface area (Å²) >= 11 is 3.24. The molecule has 7 heteroatoms. The Bertz CT molecular complexity index is 980. The summed E-state index contributed by atoms with van der Waals surface area (Å²) in [5, 5.41) is 2.48. The number of carbonyl (C=O) groups is 1. The first-order valence-corrected chi connectivity index (χ1v) is 10.1. The minimum atomic E-state index is -0.0779. The third-order valence-electron chi connectivity index (χ3n) is 4.26. The van der Waals surface area contributed by atoms with Crippen LogP contribution < -0.4 is 10.5 Å². The van der Waals surface area contributed by atoms with Crippen molar-refractivity contribution in [2.75, 3.05) is 17.2 Å². The van der Waals surface area contributed by atoms with Gasteiger partial charge in [0, 0.05) is 24.4 Å². The number of thioether (sulfide) groups is 1. The Morgan fingerprint density at radius 3 is 3.04 bits per heavy atom. The van der Waals surface area contributed by atoms with Gasteiger partial charge < -0.3 is 4.90 Å². The molecular formula is C18H17N3O2S2. The number of hydrogen-bond acceptors (Lipinski definition) is 5. The number of benzene rings is 1. The molecule has 0 atom stereocenters. The summed E-state index contributed by atoms with van der Waals surface area (Å²) in [5.41, 5.74) is 0.902. The lowest BCUT2D eigenvalue weighted by molar-refractivity contribution is -0.118. The van der Waals surface area contributed by atoms with Crippen molar-refractivity contribution in [2.45, 2.75) is 24.3 Å². The largest absolute Gasteiger partial charge is 0.311 e. The molecule has 3 heterocycles. The molecule has 0 saturated carbocycles. The van der Waals surface area contributed by atoms with Crippen LogP contribution in [0.3, 0.4) is 0 Å². The van der Waals surface area contributed by atoms with Gasteiger partial charge in [-0.15, -0.1) is 23.1 Å². The molecule has 2 aromatic heterocycles. The van der Waals surface area contributed by atoms with E-state index in [-0.39, 0.29) is 17.9 Å². The predicted octanol–water partition coefficient (Wildman–Crippen LogP) is 3.38. The summed E-state index contributed by atoms with van der Waals surface area (Å²) in [6, 6.07) is 9.81. The molecule has 0 unspecified atom stereocenters. The summed E-state index contributed by atoms with van der Waals surface area (Å²) in [4.78, 5) is 33.3. The Hall–Kier alpha value is -2.12. The minimum Gasteiger partial charge on any atom is -0.311 e. The first kappa shape index (κ1) is 16.4.